The van der Waals surface area contributed by atoms with Gasteiger partial charge in [0, 0.05) is 25.6 Å². The maximum absolute atomic E-state index is 11.8. The molecule has 1 aromatic heterocycles. The number of hydrogen-bond acceptors (Lipinski definition) is 5. The summed E-state index contributed by atoms with van der Waals surface area (Å²) in [5.41, 5.74) is 0.890. The molecule has 0 fully saturated rings. The molecule has 2 rings (SSSR count). The van der Waals surface area contributed by atoms with E-state index in [-0.39, 0.29) is 12.3 Å². The van der Waals surface area contributed by atoms with Gasteiger partial charge in [-0.1, -0.05) is 0 Å². The zero-order valence-electron chi connectivity index (χ0n) is 12.7. The Balaban J connectivity index is 2.20. The lowest BCUT2D eigenvalue weighted by atomic mass is 10.2. The average molecular weight is 322 g/mol. The first-order chi connectivity index (χ1) is 10.6. The fourth-order valence-corrected chi connectivity index (χ4v) is 2.18. The number of ether oxygens (including phenoxy) is 1. The fourth-order valence-electron chi connectivity index (χ4n) is 1.95. The predicted octanol–water partition coefficient (Wildman–Crippen LogP) is 2.03. The maximum atomic E-state index is 11.8. The van der Waals surface area contributed by atoms with Crippen molar-refractivity contribution < 1.29 is 14.4 Å². The second kappa shape index (κ2) is 7.19. The first-order valence-electron chi connectivity index (χ1n) is 6.67. The molecule has 0 aliphatic rings. The van der Waals surface area contributed by atoms with Gasteiger partial charge in [0.05, 0.1) is 14.2 Å². The lowest BCUT2D eigenvalue weighted by Crippen LogP contribution is -2.26. The van der Waals surface area contributed by atoms with Gasteiger partial charge in [0.2, 0.25) is 5.91 Å². The van der Waals surface area contributed by atoms with Crippen molar-refractivity contribution in [2.24, 2.45) is 0 Å². The third-order valence-corrected chi connectivity index (χ3v) is 3.59. The van der Waals surface area contributed by atoms with E-state index in [4.69, 9.17) is 21.8 Å². The molecule has 0 bridgehead atoms. The monoisotopic (exact) mass is 322 g/mol. The third kappa shape index (κ3) is 3.52. The van der Waals surface area contributed by atoms with Crippen molar-refractivity contribution in [1.29, 1.82) is 0 Å². The molecule has 0 aliphatic carbocycles. The molecular weight excluding hydrogens is 304 g/mol. The molecular formula is C14H18N4O3S. The number of aromatic nitrogens is 3. The second-order valence-electron chi connectivity index (χ2n) is 4.56. The van der Waals surface area contributed by atoms with Crippen molar-refractivity contribution in [3.8, 4) is 17.1 Å². The van der Waals surface area contributed by atoms with Crippen molar-refractivity contribution in [2.75, 3.05) is 21.3 Å². The number of benzene rings is 1. The van der Waals surface area contributed by atoms with Gasteiger partial charge in [-0.25, -0.2) is 5.06 Å². The highest BCUT2D eigenvalue weighted by atomic mass is 32.1. The van der Waals surface area contributed by atoms with Crippen molar-refractivity contribution in [3.63, 3.8) is 0 Å². The van der Waals surface area contributed by atoms with Gasteiger partial charge in [-0.3, -0.25) is 19.3 Å². The smallest absolute Gasteiger partial charge is 0.247 e. The van der Waals surface area contributed by atoms with E-state index >= 15 is 0 Å². The SMILES string of the molecule is COc1ccc(-c2n[nH]c(=S)n2CCC(=O)N(C)OC)cc1. The summed E-state index contributed by atoms with van der Waals surface area (Å²) in [7, 11) is 4.63. The standard InChI is InChI=1S/C14H18N4O3S/c1-17(21-3)12(19)8-9-18-13(15-16-14(18)22)10-4-6-11(20-2)7-5-10/h4-7H,8-9H2,1-3H3,(H,16,22). The molecule has 0 saturated heterocycles. The van der Waals surface area contributed by atoms with Gasteiger partial charge in [0.15, 0.2) is 10.6 Å². The Morgan fingerprint density at radius 1 is 1.36 bits per heavy atom. The van der Waals surface area contributed by atoms with E-state index in [2.05, 4.69) is 10.2 Å². The lowest BCUT2D eigenvalue weighted by molar-refractivity contribution is -0.168. The number of hydrogen-bond donors (Lipinski definition) is 1. The van der Waals surface area contributed by atoms with Crippen LogP contribution in [-0.2, 0) is 16.2 Å². The van der Waals surface area contributed by atoms with E-state index in [1.165, 1.54) is 12.2 Å². The van der Waals surface area contributed by atoms with Crippen molar-refractivity contribution in [1.82, 2.24) is 19.8 Å². The molecule has 1 amide bonds. The minimum Gasteiger partial charge on any atom is -0.497 e. The topological polar surface area (TPSA) is 72.4 Å². The minimum atomic E-state index is -0.133. The summed E-state index contributed by atoms with van der Waals surface area (Å²) in [6, 6.07) is 7.48. The number of carbonyl (C=O) groups excluding carboxylic acids is 1. The van der Waals surface area contributed by atoms with E-state index in [1.807, 2.05) is 24.3 Å². The molecule has 0 spiro atoms. The Morgan fingerprint density at radius 3 is 2.64 bits per heavy atom. The normalized spacial score (nSPS) is 10.5. The first-order valence-corrected chi connectivity index (χ1v) is 7.08. The number of carbonyl (C=O) groups is 1. The van der Waals surface area contributed by atoms with Crippen LogP contribution in [0.4, 0.5) is 0 Å². The highest BCUT2D eigenvalue weighted by Gasteiger charge is 2.13. The van der Waals surface area contributed by atoms with Crippen LogP contribution < -0.4 is 4.74 Å². The van der Waals surface area contributed by atoms with Gasteiger partial charge in [0.1, 0.15) is 5.75 Å². The number of nitrogens with one attached hydrogen (secondary N) is 1. The van der Waals surface area contributed by atoms with Gasteiger partial charge < -0.3 is 4.74 Å². The minimum absolute atomic E-state index is 0.133. The van der Waals surface area contributed by atoms with E-state index in [0.29, 0.717) is 17.1 Å². The van der Waals surface area contributed by atoms with Crippen molar-refractivity contribution in [3.05, 3.63) is 29.0 Å². The van der Waals surface area contributed by atoms with E-state index in [1.54, 1.807) is 18.7 Å². The Hall–Kier alpha value is -2.19. The maximum Gasteiger partial charge on any atom is 0.247 e. The van der Waals surface area contributed by atoms with E-state index < -0.39 is 0 Å². The Bertz CT molecular complexity index is 693. The number of H-pyrrole nitrogens is 1. The fraction of sp³-hybridized carbons (Fsp3) is 0.357. The van der Waals surface area contributed by atoms with Gasteiger partial charge in [-0.15, -0.1) is 0 Å². The number of aromatic amines is 1. The number of methoxy groups -OCH3 is 1. The predicted molar refractivity (Wildman–Crippen MR) is 83.8 cm³/mol. The molecule has 0 aliphatic heterocycles. The van der Waals surface area contributed by atoms with Gasteiger partial charge in [-0.2, -0.15) is 5.10 Å². The van der Waals surface area contributed by atoms with Crippen LogP contribution in [0, 0.1) is 4.77 Å². The molecule has 8 heteroatoms. The van der Waals surface area contributed by atoms with Crippen LogP contribution >= 0.6 is 12.2 Å². The highest BCUT2D eigenvalue weighted by molar-refractivity contribution is 7.71. The molecule has 0 saturated carbocycles. The molecule has 118 valence electrons. The molecule has 2 aromatic rings. The van der Waals surface area contributed by atoms with Gasteiger partial charge in [0.25, 0.3) is 0 Å². The number of rotatable bonds is 6. The van der Waals surface area contributed by atoms with Gasteiger partial charge >= 0.3 is 0 Å². The van der Waals surface area contributed by atoms with Crippen LogP contribution in [-0.4, -0.2) is 47.0 Å². The summed E-state index contributed by atoms with van der Waals surface area (Å²) < 4.78 is 7.40. The largest absolute Gasteiger partial charge is 0.497 e. The molecule has 7 nitrogen and oxygen atoms in total. The Morgan fingerprint density at radius 2 is 2.05 bits per heavy atom. The summed E-state index contributed by atoms with van der Waals surface area (Å²) in [6.45, 7) is 0.420. The second-order valence-corrected chi connectivity index (χ2v) is 4.94. The van der Waals surface area contributed by atoms with Crippen LogP contribution in [0.5, 0.6) is 5.75 Å². The zero-order chi connectivity index (χ0) is 16.1. The summed E-state index contributed by atoms with van der Waals surface area (Å²) in [5.74, 6) is 1.31. The van der Waals surface area contributed by atoms with Crippen LogP contribution in [0.3, 0.4) is 0 Å². The van der Waals surface area contributed by atoms with E-state index in [0.717, 1.165) is 11.3 Å². The number of nitrogens with zero attached hydrogens (tertiary/aromatic N) is 3. The molecule has 1 aromatic carbocycles. The molecule has 0 unspecified atom stereocenters. The first kappa shape index (κ1) is 16.2. The summed E-state index contributed by atoms with van der Waals surface area (Å²) in [5, 5.41) is 8.18. The molecule has 22 heavy (non-hydrogen) atoms. The third-order valence-electron chi connectivity index (χ3n) is 3.28. The summed E-state index contributed by atoms with van der Waals surface area (Å²) in [6.07, 6.45) is 0.265. The number of hydroxylamine groups is 2. The van der Waals surface area contributed by atoms with Crippen molar-refractivity contribution in [2.45, 2.75) is 13.0 Å². The van der Waals surface area contributed by atoms with E-state index in [9.17, 15) is 4.79 Å². The van der Waals surface area contributed by atoms with Crippen molar-refractivity contribution >= 4 is 18.1 Å². The van der Waals surface area contributed by atoms with Gasteiger partial charge in [-0.05, 0) is 36.5 Å². The highest BCUT2D eigenvalue weighted by Crippen LogP contribution is 2.21. The van der Waals surface area contributed by atoms with Crippen LogP contribution in [0.2, 0.25) is 0 Å². The van der Waals surface area contributed by atoms with Crippen LogP contribution in [0.25, 0.3) is 11.4 Å². The summed E-state index contributed by atoms with van der Waals surface area (Å²) in [4.78, 5) is 16.7. The zero-order valence-corrected chi connectivity index (χ0v) is 13.5. The Kier molecular flexibility index (Phi) is 5.29. The molecule has 0 atom stereocenters. The summed E-state index contributed by atoms with van der Waals surface area (Å²) >= 11 is 5.23. The quantitative estimate of drug-likeness (QED) is 0.651. The van der Waals surface area contributed by atoms with Crippen LogP contribution in [0.1, 0.15) is 6.42 Å². The number of amides is 1. The molecule has 1 N–H and O–H groups in total. The molecule has 1 heterocycles. The Labute approximate surface area is 133 Å². The lowest BCUT2D eigenvalue weighted by Gasteiger charge is -2.14. The van der Waals surface area contributed by atoms with Crippen LogP contribution in [0.15, 0.2) is 24.3 Å². The molecule has 0 radical (unpaired) electrons. The average Bonchev–Trinajstić information content (AvgIpc) is 2.92.